The average Bonchev–Trinajstić information content (AvgIpc) is 3.45. The quantitative estimate of drug-likeness (QED) is 0.0423. The zero-order chi connectivity index (χ0) is 53.7. The van der Waals surface area contributed by atoms with Crippen LogP contribution < -0.4 is 10.6 Å². The number of amides is 2. The summed E-state index contributed by atoms with van der Waals surface area (Å²) in [5.41, 5.74) is 4.27. The van der Waals surface area contributed by atoms with Crippen LogP contribution in [0, 0.1) is 17.8 Å². The first-order chi connectivity index (χ1) is 37.3. The largest absolute Gasteiger partial charge is 0.445 e. The van der Waals surface area contributed by atoms with Crippen molar-refractivity contribution in [2.24, 2.45) is 17.8 Å². The maximum atomic E-state index is 14.2. The van der Waals surface area contributed by atoms with Gasteiger partial charge in [-0.2, -0.15) is 0 Å². The van der Waals surface area contributed by atoms with E-state index in [9.17, 15) is 9.59 Å². The molecule has 0 aliphatic carbocycles. The Hall–Kier alpha value is -4.58. The van der Waals surface area contributed by atoms with Gasteiger partial charge in [0.2, 0.25) is 5.91 Å². The van der Waals surface area contributed by atoms with Crippen LogP contribution >= 0.6 is 0 Å². The lowest BCUT2D eigenvalue weighted by Crippen LogP contribution is -2.54. The molecule has 420 valence electrons. The fraction of sp³-hybridized carbons (Fsp3) is 0.606. The number of nitrogens with one attached hydrogen (secondary N) is 2. The van der Waals surface area contributed by atoms with Crippen molar-refractivity contribution in [3.63, 3.8) is 0 Å². The Bertz CT molecular complexity index is 2040. The highest BCUT2D eigenvalue weighted by molar-refractivity contribution is 5.76. The molecule has 1 aliphatic rings. The van der Waals surface area contributed by atoms with E-state index in [-0.39, 0.29) is 49.3 Å². The maximum absolute atomic E-state index is 14.2. The number of hydrogen-bond donors (Lipinski definition) is 2. The average molecular weight is 1050 g/mol. The molecule has 0 spiro atoms. The molecule has 2 unspecified atom stereocenters. The molecular weight excluding hydrogens is 949 g/mol. The summed E-state index contributed by atoms with van der Waals surface area (Å²) in [6.45, 7) is 11.9. The smallest absolute Gasteiger partial charge is 0.407 e. The lowest BCUT2D eigenvalue weighted by molar-refractivity contribution is -0.262. The van der Waals surface area contributed by atoms with Crippen LogP contribution in [0.4, 0.5) is 4.79 Å². The van der Waals surface area contributed by atoms with Crippen LogP contribution in [0.5, 0.6) is 0 Å². The Balaban J connectivity index is 1.22. The molecule has 0 radical (unpaired) electrons. The van der Waals surface area contributed by atoms with Crippen molar-refractivity contribution >= 4 is 12.0 Å². The first-order valence-electron chi connectivity index (χ1n) is 29.7. The highest BCUT2D eigenvalue weighted by Gasteiger charge is 2.41. The highest BCUT2D eigenvalue weighted by Crippen LogP contribution is 2.36. The summed E-state index contributed by atoms with van der Waals surface area (Å²) in [7, 11) is 0. The topological polar surface area (TPSA) is 114 Å². The minimum absolute atomic E-state index is 0.00824. The number of unbranched alkanes of at least 4 members (excludes halogenated alkanes) is 17. The van der Waals surface area contributed by atoms with Gasteiger partial charge in [-0.15, -0.1) is 0 Å². The summed E-state index contributed by atoms with van der Waals surface area (Å²) in [4.78, 5) is 26.4. The molecule has 10 nitrogen and oxygen atoms in total. The fourth-order valence-corrected chi connectivity index (χ4v) is 10.2. The van der Waals surface area contributed by atoms with Gasteiger partial charge in [-0.1, -0.05) is 258 Å². The molecule has 8 atom stereocenters. The number of benzene rings is 4. The molecule has 2 amide bonds. The van der Waals surface area contributed by atoms with Crippen LogP contribution in [0.2, 0.25) is 0 Å². The highest BCUT2D eigenvalue weighted by atomic mass is 16.7. The molecule has 4 aromatic rings. The van der Waals surface area contributed by atoms with E-state index in [4.69, 9.17) is 28.4 Å². The van der Waals surface area contributed by atoms with Gasteiger partial charge in [0, 0.05) is 18.9 Å². The Morgan fingerprint density at radius 3 is 1.55 bits per heavy atom. The van der Waals surface area contributed by atoms with E-state index in [1.54, 1.807) is 0 Å². The van der Waals surface area contributed by atoms with E-state index < -0.39 is 18.4 Å². The zero-order valence-electron chi connectivity index (χ0n) is 47.2. The van der Waals surface area contributed by atoms with Crippen molar-refractivity contribution < 1.29 is 38.0 Å². The molecule has 1 aliphatic heterocycles. The summed E-state index contributed by atoms with van der Waals surface area (Å²) in [6, 6.07) is 40.1. The SMILES string of the molecule is CCCCCCCCCCCCCC[C@@H](OCc1ccccc1)[C@@H](OCc1ccccc1)[C@H](CO[C@H]1OC(COCc2ccccc2)[C@H](C)[C@H](C)C1C)NC(=O)CCCCCCCCCNC(=O)OCc1ccccc1. The first-order valence-corrected chi connectivity index (χ1v) is 29.7. The fourth-order valence-electron chi connectivity index (χ4n) is 10.2. The summed E-state index contributed by atoms with van der Waals surface area (Å²) >= 11 is 0. The Morgan fingerprint density at radius 1 is 0.526 bits per heavy atom. The molecule has 5 rings (SSSR count). The van der Waals surface area contributed by atoms with E-state index in [0.717, 1.165) is 86.5 Å². The Labute approximate surface area is 459 Å². The van der Waals surface area contributed by atoms with Crippen molar-refractivity contribution in [2.75, 3.05) is 19.8 Å². The number of rotatable bonds is 41. The number of ether oxygens (including phenoxy) is 6. The Morgan fingerprint density at radius 2 is 1.00 bits per heavy atom. The molecule has 76 heavy (non-hydrogen) atoms. The number of carbonyl (C=O) groups is 2. The molecule has 1 fully saturated rings. The number of alkyl carbamates (subject to hydrolysis) is 1. The predicted octanol–water partition coefficient (Wildman–Crippen LogP) is 15.6. The molecular formula is C66H98N2O8. The van der Waals surface area contributed by atoms with Gasteiger partial charge >= 0.3 is 6.09 Å². The van der Waals surface area contributed by atoms with Crippen molar-refractivity contribution in [1.82, 2.24) is 10.6 Å². The summed E-state index contributed by atoms with van der Waals surface area (Å²) < 4.78 is 39.4. The number of hydrogen-bond acceptors (Lipinski definition) is 8. The van der Waals surface area contributed by atoms with Crippen LogP contribution in [0.15, 0.2) is 121 Å². The van der Waals surface area contributed by atoms with Crippen molar-refractivity contribution in [3.05, 3.63) is 144 Å². The minimum atomic E-state index is -0.503. The van der Waals surface area contributed by atoms with Gasteiger partial charge in [0.25, 0.3) is 0 Å². The van der Waals surface area contributed by atoms with Crippen molar-refractivity contribution in [2.45, 2.75) is 220 Å². The van der Waals surface area contributed by atoms with Crippen LogP contribution in [0.25, 0.3) is 0 Å². The predicted molar refractivity (Wildman–Crippen MR) is 307 cm³/mol. The van der Waals surface area contributed by atoms with E-state index in [2.05, 4.69) is 86.9 Å². The maximum Gasteiger partial charge on any atom is 0.407 e. The van der Waals surface area contributed by atoms with E-state index >= 15 is 0 Å². The van der Waals surface area contributed by atoms with Gasteiger partial charge in [0.15, 0.2) is 6.29 Å². The zero-order valence-corrected chi connectivity index (χ0v) is 47.2. The van der Waals surface area contributed by atoms with Crippen LogP contribution in [-0.4, -0.2) is 62.4 Å². The third-order valence-corrected chi connectivity index (χ3v) is 15.4. The normalized spacial score (nSPS) is 18.7. The minimum Gasteiger partial charge on any atom is -0.445 e. The van der Waals surface area contributed by atoms with Gasteiger partial charge in [-0.25, -0.2) is 4.79 Å². The molecule has 10 heteroatoms. The second-order valence-corrected chi connectivity index (χ2v) is 21.6. The summed E-state index contributed by atoms with van der Waals surface area (Å²) in [6.07, 6.45) is 21.6. The van der Waals surface area contributed by atoms with Crippen molar-refractivity contribution in [3.8, 4) is 0 Å². The van der Waals surface area contributed by atoms with Gasteiger partial charge in [0.1, 0.15) is 12.7 Å². The monoisotopic (exact) mass is 1050 g/mol. The standard InChI is InChI=1S/C66H98N2O8/c1-5-6-7-8-9-10-11-12-13-15-18-33-44-61(72-48-57-38-27-22-28-39-57)64(73-49-58-40-29-23-30-41-58)60(51-74-65-55(4)53(2)54(3)62(76-65)52-71-47-56-36-25-21-26-37-56)68-63(69)45-34-19-16-14-17-20-35-46-67-66(70)75-50-59-42-31-24-32-43-59/h21-32,36-43,53-55,60-62,64-65H,5-20,33-35,44-52H2,1-4H3,(H,67,70)(H,68,69)/t53-,54+,55?,60-,61+,62?,64-,65-/m0/s1. The van der Waals surface area contributed by atoms with Crippen LogP contribution in [0.3, 0.4) is 0 Å². The number of carbonyl (C=O) groups excluding carboxylic acids is 2. The molecule has 0 aromatic heterocycles. The van der Waals surface area contributed by atoms with Gasteiger partial charge in [-0.3, -0.25) is 4.79 Å². The van der Waals surface area contributed by atoms with E-state index in [1.807, 2.05) is 72.8 Å². The summed E-state index contributed by atoms with van der Waals surface area (Å²) in [5.74, 6) is 0.698. The Kier molecular flexibility index (Phi) is 31.9. The van der Waals surface area contributed by atoms with Gasteiger partial charge < -0.3 is 39.1 Å². The lowest BCUT2D eigenvalue weighted by Gasteiger charge is -2.44. The molecule has 1 saturated heterocycles. The van der Waals surface area contributed by atoms with Gasteiger partial charge in [0.05, 0.1) is 51.3 Å². The lowest BCUT2D eigenvalue weighted by atomic mass is 9.79. The van der Waals surface area contributed by atoms with E-state index in [0.29, 0.717) is 45.3 Å². The third-order valence-electron chi connectivity index (χ3n) is 15.4. The summed E-state index contributed by atoms with van der Waals surface area (Å²) in [5, 5.41) is 6.34. The second kappa shape index (κ2) is 38.9. The molecule has 0 bridgehead atoms. The third kappa shape index (κ3) is 25.7. The first kappa shape index (κ1) is 62.3. The molecule has 4 aromatic carbocycles. The van der Waals surface area contributed by atoms with Crippen LogP contribution in [-0.2, 0) is 59.6 Å². The second-order valence-electron chi connectivity index (χ2n) is 21.6. The molecule has 1 heterocycles. The van der Waals surface area contributed by atoms with Gasteiger partial charge in [-0.05, 0) is 53.4 Å². The molecule has 0 saturated carbocycles. The van der Waals surface area contributed by atoms with Crippen molar-refractivity contribution in [1.29, 1.82) is 0 Å². The van der Waals surface area contributed by atoms with E-state index in [1.165, 1.54) is 64.2 Å². The molecule has 2 N–H and O–H groups in total. The van der Waals surface area contributed by atoms with Crippen LogP contribution in [0.1, 0.15) is 185 Å².